The molecule has 1 fully saturated rings. The first kappa shape index (κ1) is 25.2. The normalized spacial score (nSPS) is 17.3. The third-order valence-electron chi connectivity index (χ3n) is 6.98. The van der Waals surface area contributed by atoms with Gasteiger partial charge in [-0.15, -0.1) is 0 Å². The number of para-hydroxylation sites is 1. The van der Waals surface area contributed by atoms with E-state index in [0.29, 0.717) is 22.8 Å². The molecule has 3 amide bonds. The highest BCUT2D eigenvalue weighted by Gasteiger charge is 2.35. The maximum atomic E-state index is 13.9. The third kappa shape index (κ3) is 5.44. The Labute approximate surface area is 221 Å². The molecule has 0 aromatic heterocycles. The quantitative estimate of drug-likeness (QED) is 0.478. The van der Waals surface area contributed by atoms with Crippen LogP contribution in [0.2, 0.25) is 0 Å². The van der Waals surface area contributed by atoms with Crippen LogP contribution in [0.1, 0.15) is 36.8 Å². The van der Waals surface area contributed by atoms with Gasteiger partial charge < -0.3 is 20.3 Å². The molecule has 8 nitrogen and oxygen atoms in total. The standard InChI is InChI=1S/C30H30N4O4/c1-38-23-15-9-14-22(18-23)31-30(37)33-28-29(36)34(19-26(35)20-10-5-6-11-20)25-17-8-7-16-24(25)27(32-28)21-12-3-2-4-13-21/h2-4,7-9,12-18,20,28H,5-6,10-11,19H2,1H3,(H2,31,33,37). The molecule has 1 saturated carbocycles. The summed E-state index contributed by atoms with van der Waals surface area (Å²) in [5.41, 5.74) is 3.20. The number of aliphatic imine (C=N–C) groups is 1. The van der Waals surface area contributed by atoms with Crippen molar-refractivity contribution in [1.82, 2.24) is 5.32 Å². The van der Waals surface area contributed by atoms with Crippen LogP contribution >= 0.6 is 0 Å². The van der Waals surface area contributed by atoms with Crippen molar-refractivity contribution < 1.29 is 19.1 Å². The molecular weight excluding hydrogens is 480 g/mol. The number of benzodiazepines with no additional fused rings is 1. The van der Waals surface area contributed by atoms with Crippen LogP contribution < -0.4 is 20.3 Å². The van der Waals surface area contributed by atoms with Crippen molar-refractivity contribution in [2.45, 2.75) is 31.8 Å². The number of methoxy groups -OCH3 is 1. The van der Waals surface area contributed by atoms with Gasteiger partial charge in [-0.25, -0.2) is 9.79 Å². The predicted octanol–water partition coefficient (Wildman–Crippen LogP) is 4.79. The van der Waals surface area contributed by atoms with Crippen LogP contribution in [-0.4, -0.2) is 43.3 Å². The number of fused-ring (bicyclic) bond motifs is 1. The molecule has 5 rings (SSSR count). The molecule has 38 heavy (non-hydrogen) atoms. The maximum absolute atomic E-state index is 13.9. The van der Waals surface area contributed by atoms with Crippen LogP contribution in [0, 0.1) is 5.92 Å². The van der Waals surface area contributed by atoms with E-state index in [1.807, 2.05) is 54.6 Å². The van der Waals surface area contributed by atoms with Crippen molar-refractivity contribution in [3.63, 3.8) is 0 Å². The highest BCUT2D eigenvalue weighted by atomic mass is 16.5. The van der Waals surface area contributed by atoms with Crippen molar-refractivity contribution in [2.75, 3.05) is 23.9 Å². The summed E-state index contributed by atoms with van der Waals surface area (Å²) in [4.78, 5) is 46.4. The summed E-state index contributed by atoms with van der Waals surface area (Å²) in [5.74, 6) is 0.115. The summed E-state index contributed by atoms with van der Waals surface area (Å²) >= 11 is 0. The van der Waals surface area contributed by atoms with Gasteiger partial charge in [-0.2, -0.15) is 0 Å². The number of carbonyl (C=O) groups is 3. The van der Waals surface area contributed by atoms with Gasteiger partial charge in [-0.3, -0.25) is 9.59 Å². The van der Waals surface area contributed by atoms with Gasteiger partial charge in [-0.05, 0) is 31.0 Å². The van der Waals surface area contributed by atoms with Crippen LogP contribution in [0.3, 0.4) is 0 Å². The molecule has 3 aromatic rings. The maximum Gasteiger partial charge on any atom is 0.321 e. The molecule has 0 saturated heterocycles. The Morgan fingerprint density at radius 2 is 1.71 bits per heavy atom. The van der Waals surface area contributed by atoms with E-state index in [2.05, 4.69) is 10.6 Å². The molecule has 0 radical (unpaired) electrons. The van der Waals surface area contributed by atoms with Crippen LogP contribution in [0.5, 0.6) is 5.75 Å². The number of amides is 3. The number of rotatable bonds is 7. The average molecular weight is 511 g/mol. The van der Waals surface area contributed by atoms with E-state index < -0.39 is 18.1 Å². The molecule has 194 valence electrons. The summed E-state index contributed by atoms with van der Waals surface area (Å²) in [6.45, 7) is -0.0617. The van der Waals surface area contributed by atoms with Crippen molar-refractivity contribution in [1.29, 1.82) is 0 Å². The second kappa shape index (κ2) is 11.3. The summed E-state index contributed by atoms with van der Waals surface area (Å²) in [5, 5.41) is 5.47. The third-order valence-corrected chi connectivity index (χ3v) is 6.98. The van der Waals surface area contributed by atoms with Gasteiger partial charge in [0.2, 0.25) is 6.17 Å². The van der Waals surface area contributed by atoms with Crippen molar-refractivity contribution in [2.24, 2.45) is 10.9 Å². The fourth-order valence-electron chi connectivity index (χ4n) is 5.04. The van der Waals surface area contributed by atoms with Gasteiger partial charge in [0.15, 0.2) is 5.78 Å². The second-order valence-electron chi connectivity index (χ2n) is 9.47. The number of hydrogen-bond donors (Lipinski definition) is 2. The summed E-state index contributed by atoms with van der Waals surface area (Å²) in [6.07, 6.45) is 2.51. The fraction of sp³-hybridized carbons (Fsp3) is 0.267. The number of nitrogens with zero attached hydrogens (tertiary/aromatic N) is 2. The number of ether oxygens (including phenoxy) is 1. The zero-order valence-electron chi connectivity index (χ0n) is 21.2. The molecule has 1 heterocycles. The lowest BCUT2D eigenvalue weighted by molar-refractivity contribution is -0.125. The zero-order valence-corrected chi connectivity index (χ0v) is 21.2. The first-order chi connectivity index (χ1) is 18.5. The minimum atomic E-state index is -1.24. The number of anilines is 2. The fourth-order valence-corrected chi connectivity index (χ4v) is 5.04. The number of urea groups is 1. The lowest BCUT2D eigenvalue weighted by Gasteiger charge is -2.26. The van der Waals surface area contributed by atoms with Gasteiger partial charge >= 0.3 is 6.03 Å². The highest BCUT2D eigenvalue weighted by molar-refractivity contribution is 6.21. The van der Waals surface area contributed by atoms with Crippen molar-refractivity contribution in [3.05, 3.63) is 90.0 Å². The monoisotopic (exact) mass is 510 g/mol. The Balaban J connectivity index is 1.50. The number of Topliss-reactive ketones (excluding diaryl/α,β-unsaturated/α-hetero) is 1. The van der Waals surface area contributed by atoms with Crippen molar-refractivity contribution in [3.8, 4) is 5.75 Å². The number of benzene rings is 3. The molecule has 1 unspecified atom stereocenters. The Kier molecular flexibility index (Phi) is 7.49. The molecule has 2 N–H and O–H groups in total. The lowest BCUT2D eigenvalue weighted by atomic mass is 9.99. The molecule has 3 aromatic carbocycles. The topological polar surface area (TPSA) is 100 Å². The van der Waals surface area contributed by atoms with E-state index in [1.54, 1.807) is 31.4 Å². The average Bonchev–Trinajstić information content (AvgIpc) is 3.46. The van der Waals surface area contributed by atoms with Gasteiger partial charge in [0.1, 0.15) is 5.75 Å². The molecule has 1 aliphatic heterocycles. The summed E-state index contributed by atoms with van der Waals surface area (Å²) in [6, 6.07) is 23.3. The van der Waals surface area contributed by atoms with Crippen LogP contribution in [0.25, 0.3) is 0 Å². The molecule has 0 bridgehead atoms. The van der Waals surface area contributed by atoms with E-state index in [1.165, 1.54) is 4.90 Å². The molecule has 0 spiro atoms. The Bertz CT molecular complexity index is 1370. The van der Waals surface area contributed by atoms with Crippen molar-refractivity contribution >= 4 is 34.8 Å². The minimum Gasteiger partial charge on any atom is -0.497 e. The summed E-state index contributed by atoms with van der Waals surface area (Å²) < 4.78 is 5.23. The van der Waals surface area contributed by atoms with E-state index in [9.17, 15) is 14.4 Å². The number of ketones is 1. The summed E-state index contributed by atoms with van der Waals surface area (Å²) in [7, 11) is 1.54. The number of carbonyl (C=O) groups excluding carboxylic acids is 3. The van der Waals surface area contributed by atoms with Gasteiger partial charge in [0.05, 0.1) is 25.1 Å². The predicted molar refractivity (Wildman–Crippen MR) is 147 cm³/mol. The smallest absolute Gasteiger partial charge is 0.321 e. The van der Waals surface area contributed by atoms with Gasteiger partial charge in [-0.1, -0.05) is 67.4 Å². The second-order valence-corrected chi connectivity index (χ2v) is 9.47. The van der Waals surface area contributed by atoms with E-state index in [-0.39, 0.29) is 18.2 Å². The molecule has 1 aliphatic carbocycles. The van der Waals surface area contributed by atoms with Crippen LogP contribution in [0.15, 0.2) is 83.9 Å². The zero-order chi connectivity index (χ0) is 26.5. The molecular formula is C30H30N4O4. The van der Waals surface area contributed by atoms with Gasteiger partial charge in [0, 0.05) is 28.8 Å². The number of hydrogen-bond acceptors (Lipinski definition) is 5. The largest absolute Gasteiger partial charge is 0.497 e. The molecule has 2 aliphatic rings. The van der Waals surface area contributed by atoms with Gasteiger partial charge in [0.25, 0.3) is 5.91 Å². The Morgan fingerprint density at radius 1 is 0.974 bits per heavy atom. The van der Waals surface area contributed by atoms with E-state index in [4.69, 9.17) is 9.73 Å². The lowest BCUT2D eigenvalue weighted by Crippen LogP contribution is -2.50. The highest BCUT2D eigenvalue weighted by Crippen LogP contribution is 2.31. The minimum absolute atomic E-state index is 0.0356. The van der Waals surface area contributed by atoms with E-state index in [0.717, 1.165) is 36.8 Å². The molecule has 8 heteroatoms. The van der Waals surface area contributed by atoms with Crippen LogP contribution in [-0.2, 0) is 9.59 Å². The van der Waals surface area contributed by atoms with Crippen LogP contribution in [0.4, 0.5) is 16.2 Å². The number of nitrogens with one attached hydrogen (secondary N) is 2. The first-order valence-electron chi connectivity index (χ1n) is 12.8. The Hall–Kier alpha value is -4.46. The first-order valence-corrected chi connectivity index (χ1v) is 12.8. The Morgan fingerprint density at radius 3 is 2.47 bits per heavy atom. The van der Waals surface area contributed by atoms with E-state index >= 15 is 0 Å². The molecule has 1 atom stereocenters. The SMILES string of the molecule is COc1cccc(NC(=O)NC2N=C(c3ccccc3)c3ccccc3N(CC(=O)C3CCCC3)C2=O)c1.